The predicted molar refractivity (Wildman–Crippen MR) is 427 cm³/mol. The van der Waals surface area contributed by atoms with Crippen molar-refractivity contribution in [2.24, 2.45) is 0 Å². The number of carboxylic acids is 2. The first-order valence-electron chi connectivity index (χ1n) is 36.8. The molecule has 7 aromatic rings. The Bertz CT molecular complexity index is 5360. The Morgan fingerprint density at radius 1 is 0.650 bits per heavy atom. The fraction of sp³-hybridized carbons (Fsp3) is 0.432. The zero-order chi connectivity index (χ0) is 86.2. The van der Waals surface area contributed by atoms with E-state index in [1.165, 1.54) is 57.6 Å². The van der Waals surface area contributed by atoms with Crippen LogP contribution >= 0.6 is 0 Å². The zero-order valence-electron chi connectivity index (χ0n) is 65.4. The van der Waals surface area contributed by atoms with Crippen LogP contribution in [0.3, 0.4) is 0 Å². The molecule has 3 aromatic heterocycles. The lowest BCUT2D eigenvalue weighted by Gasteiger charge is -2.38. The van der Waals surface area contributed by atoms with Gasteiger partial charge in [0.25, 0.3) is 26.1 Å². The van der Waals surface area contributed by atoms with Crippen LogP contribution in [0.2, 0.25) is 0 Å². The number of aromatic nitrogens is 5. The molecule has 0 bridgehead atoms. The Labute approximate surface area is 674 Å². The second kappa shape index (κ2) is 39.3. The molecule has 4 aromatic carbocycles. The van der Waals surface area contributed by atoms with Gasteiger partial charge in [-0.15, -0.1) is 0 Å². The van der Waals surface area contributed by atoms with Gasteiger partial charge in [-0.3, -0.25) is 61.9 Å². The molecule has 4 heterocycles. The number of fused-ring (bicyclic) bond motifs is 2. The standard InChI is InChI=1S/C74H96N16O23S4/c1-42-27-44(3)64(45(4)28-42)116(109,110)86-54(70(99)100)36-80-66(95)53-38-88(58-31-48(15-17-52(58)63(53)94)34-82-72-76-21-22-77-72)25-12-20-75-67(96)56(40-115(106,107)108)85-62(93)19-18-57(90(41-91)113-74(7,8)9)69(98)84-50(39-114(103,104)105)13-10-11-26-89-59-32-49(35-83-73-78-23-24-79-73)14-16-51(59)61(92)33-60(89)68(97)81-37-55(71(101)102)87-117(111,112)65-46(5)29-43(2)30-47(65)6/h14-17,21-24,27-32,38,41,50,54-57,60,86-87H,10-13,18-20,25-26,33-37,39-40H2,1-9H3,(H,75,96)(H,80,95)(H,81,97)(H,84,98)(H,85,93)(H,99,100)(H,101,102)(H2,76,77,82)(H2,78,79,83)(H,103,104,105)(H,106,107,108)/t50-,54+,55+,56+,57+,60?/m1/s1. The smallest absolute Gasteiger partial charge is 0.323 e. The van der Waals surface area contributed by atoms with Gasteiger partial charge in [0.05, 0.1) is 26.7 Å². The molecule has 6 atom stereocenters. The Morgan fingerprint density at radius 3 is 1.70 bits per heavy atom. The lowest BCUT2D eigenvalue weighted by atomic mass is 9.92. The molecule has 0 saturated heterocycles. The molecular weight excluding hydrogens is 1610 g/mol. The van der Waals surface area contributed by atoms with Gasteiger partial charge in [-0.1, -0.05) is 47.5 Å². The number of carboxylic acid groups (broad SMARTS) is 2. The summed E-state index contributed by atoms with van der Waals surface area (Å²) in [5.41, 5.74) is 2.22. The highest BCUT2D eigenvalue weighted by atomic mass is 32.2. The molecule has 0 radical (unpaired) electrons. The van der Waals surface area contributed by atoms with Crippen molar-refractivity contribution in [3.63, 3.8) is 0 Å². The summed E-state index contributed by atoms with van der Waals surface area (Å²) in [5.74, 6) is -10.9. The van der Waals surface area contributed by atoms with E-state index in [4.69, 9.17) is 4.84 Å². The Kier molecular flexibility index (Phi) is 30.7. The largest absolute Gasteiger partial charge is 0.480 e. The normalized spacial score (nSPS) is 14.6. The molecule has 0 aliphatic carbocycles. The number of aliphatic carboxylic acids is 2. The van der Waals surface area contributed by atoms with E-state index >= 15 is 0 Å². The number of aryl methyl sites for hydroxylation is 7. The summed E-state index contributed by atoms with van der Waals surface area (Å²) in [7, 11) is -19.0. The van der Waals surface area contributed by atoms with E-state index in [1.807, 2.05) is 0 Å². The first-order valence-corrected chi connectivity index (χ1v) is 43.0. The first kappa shape index (κ1) is 91.5. The van der Waals surface area contributed by atoms with Crippen LogP contribution in [0.4, 0.5) is 17.6 Å². The highest BCUT2D eigenvalue weighted by Gasteiger charge is 2.39. The fourth-order valence-corrected chi connectivity index (χ4v) is 18.3. The number of unbranched alkanes of at least 4 members (excludes halogenated alkanes) is 1. The maximum Gasteiger partial charge on any atom is 0.323 e. The number of hydrogen-bond acceptors (Lipinski definition) is 24. The highest BCUT2D eigenvalue weighted by Crippen LogP contribution is 2.34. The van der Waals surface area contributed by atoms with Crippen LogP contribution in [0.5, 0.6) is 0 Å². The van der Waals surface area contributed by atoms with Crippen LogP contribution in [-0.4, -0.2) is 216 Å². The zero-order valence-corrected chi connectivity index (χ0v) is 68.7. The second-order valence-corrected chi connectivity index (χ2v) is 35.6. The van der Waals surface area contributed by atoms with Gasteiger partial charge in [-0.2, -0.15) is 26.3 Å². The summed E-state index contributed by atoms with van der Waals surface area (Å²) < 4.78 is 131. The van der Waals surface area contributed by atoms with Crippen molar-refractivity contribution in [3.8, 4) is 0 Å². The second-order valence-electron chi connectivity index (χ2n) is 29.3. The van der Waals surface area contributed by atoms with Gasteiger partial charge in [0.2, 0.25) is 55.5 Å². The number of sulfonamides is 2. The highest BCUT2D eigenvalue weighted by molar-refractivity contribution is 7.90. The van der Waals surface area contributed by atoms with E-state index in [9.17, 15) is 101 Å². The number of hydroxylamine groups is 2. The monoisotopic (exact) mass is 1700 g/mol. The number of aromatic amines is 2. The molecular formula is C74H96N16O23S4. The van der Waals surface area contributed by atoms with Gasteiger partial charge in [-0.25, -0.2) is 31.9 Å². The minimum Gasteiger partial charge on any atom is -0.480 e. The Hall–Kier alpha value is -11.1. The average Bonchev–Trinajstić information content (AvgIpc) is 1.03. The minimum atomic E-state index is -5.09. The molecule has 6 amide bonds. The molecule has 39 nitrogen and oxygen atoms in total. The molecule has 0 saturated carbocycles. The molecule has 1 unspecified atom stereocenters. The molecule has 15 N–H and O–H groups in total. The fourth-order valence-electron chi connectivity index (χ4n) is 13.6. The van der Waals surface area contributed by atoms with Crippen molar-refractivity contribution in [3.05, 3.63) is 158 Å². The van der Waals surface area contributed by atoms with E-state index in [-0.39, 0.29) is 96.8 Å². The van der Waals surface area contributed by atoms with E-state index < -0.39 is 184 Å². The number of H-pyrrole nitrogens is 2. The lowest BCUT2D eigenvalue weighted by Crippen LogP contribution is -2.55. The van der Waals surface area contributed by atoms with Crippen LogP contribution < -0.4 is 57.0 Å². The van der Waals surface area contributed by atoms with Crippen LogP contribution in [0.25, 0.3) is 10.9 Å². The van der Waals surface area contributed by atoms with Gasteiger partial charge in [-0.05, 0) is 152 Å². The molecule has 0 spiro atoms. The van der Waals surface area contributed by atoms with Crippen molar-refractivity contribution in [2.45, 2.75) is 179 Å². The van der Waals surface area contributed by atoms with E-state index in [2.05, 4.69) is 66.6 Å². The summed E-state index contributed by atoms with van der Waals surface area (Å²) in [6.07, 6.45) is 5.18. The maximum atomic E-state index is 14.6. The van der Waals surface area contributed by atoms with Crippen molar-refractivity contribution in [1.82, 2.24) is 65.6 Å². The number of amides is 6. The van der Waals surface area contributed by atoms with Crippen molar-refractivity contribution < 1.29 is 101 Å². The number of carbonyl (C=O) groups is 9. The van der Waals surface area contributed by atoms with Crippen LogP contribution in [0.1, 0.15) is 131 Å². The third kappa shape index (κ3) is 26.0. The molecule has 0 fully saturated rings. The van der Waals surface area contributed by atoms with Gasteiger partial charge in [0, 0.05) is 112 Å². The van der Waals surface area contributed by atoms with Gasteiger partial charge in [0.15, 0.2) is 17.7 Å². The summed E-state index contributed by atoms with van der Waals surface area (Å²) in [4.78, 5) is 158. The number of pyridine rings is 1. The predicted octanol–water partition coefficient (Wildman–Crippen LogP) is 2.45. The Morgan fingerprint density at radius 2 is 1.19 bits per heavy atom. The molecule has 634 valence electrons. The Balaban J connectivity index is 0.956. The van der Waals surface area contributed by atoms with Crippen LogP contribution in [0.15, 0.2) is 106 Å². The van der Waals surface area contributed by atoms with Crippen molar-refractivity contribution in [2.75, 3.05) is 53.2 Å². The number of anilines is 3. The number of nitrogens with one attached hydrogen (secondary N) is 11. The van der Waals surface area contributed by atoms with Gasteiger partial charge in [0.1, 0.15) is 41.5 Å². The number of Topliss-reactive ketones (excluding diaryl/α,β-unsaturated/α-hetero) is 1. The molecule has 1 aliphatic rings. The number of nitrogens with zero attached hydrogens (tertiary/aromatic N) is 5. The quantitative estimate of drug-likeness (QED) is 0.0113. The number of rotatable bonds is 43. The van der Waals surface area contributed by atoms with Crippen LogP contribution in [-0.2, 0) is 98.3 Å². The lowest BCUT2D eigenvalue weighted by molar-refractivity contribution is -0.231. The van der Waals surface area contributed by atoms with E-state index in [0.717, 1.165) is 17.3 Å². The summed E-state index contributed by atoms with van der Waals surface area (Å²) in [6, 6.07) is 5.39. The van der Waals surface area contributed by atoms with Gasteiger partial charge >= 0.3 is 11.9 Å². The topological polar surface area (TPSA) is 574 Å². The SMILES string of the molecule is Cc1cc(C)c(S(=O)(=O)N[C@@H](CNC(=O)c2cn(CCCNC(=O)[C@H](CS(=O)(=O)O)NC(=O)CC[C@@H](C(=O)N[C@H](CCCCN3c4cc(CNc5ncc[nH]5)ccc4C(=O)CC3C(=O)NC[C@H](NS(=O)(=O)c3c(C)cc(C)cc3C)C(=O)O)CS(=O)(=O)O)N(C=O)OC(C)(C)C)c3cc(CNc4ncc[nH]4)ccc3c2=O)C(=O)O)c(C)c1. The number of hydrogen-bond donors (Lipinski definition) is 15. The van der Waals surface area contributed by atoms with E-state index in [1.54, 1.807) is 99.6 Å². The maximum absolute atomic E-state index is 14.6. The summed E-state index contributed by atoms with van der Waals surface area (Å²) in [5, 5.41) is 39.1. The molecule has 1 aliphatic heterocycles. The third-order valence-electron chi connectivity index (χ3n) is 18.5. The van der Waals surface area contributed by atoms with Crippen LogP contribution in [0, 0.1) is 41.5 Å². The number of ketones is 1. The van der Waals surface area contributed by atoms with E-state index in [0.29, 0.717) is 50.3 Å². The number of imidazole rings is 2. The molecule has 8 rings (SSSR count). The summed E-state index contributed by atoms with van der Waals surface area (Å²) in [6.45, 7) is 12.3. The van der Waals surface area contributed by atoms with Crippen molar-refractivity contribution >= 4 is 122 Å². The number of carbonyl (C=O) groups excluding carboxylic acids is 7. The average molecular weight is 1710 g/mol. The first-order chi connectivity index (χ1) is 54.8. The minimum absolute atomic E-state index is 0.00445. The van der Waals surface area contributed by atoms with Crippen molar-refractivity contribution in [1.29, 1.82) is 0 Å². The number of benzene rings is 4. The molecule has 117 heavy (non-hydrogen) atoms. The van der Waals surface area contributed by atoms with Gasteiger partial charge < -0.3 is 66.9 Å². The third-order valence-corrected chi connectivity index (χ3v) is 23.7. The summed E-state index contributed by atoms with van der Waals surface area (Å²) >= 11 is 0. The molecule has 43 heteroatoms.